The van der Waals surface area contributed by atoms with E-state index in [1.165, 1.54) is 11.1 Å². The molecule has 45 heavy (non-hydrogen) atoms. The van der Waals surface area contributed by atoms with Gasteiger partial charge in [0.25, 0.3) is 5.91 Å². The first-order valence-corrected chi connectivity index (χ1v) is 17.0. The molecule has 3 heterocycles. The lowest BCUT2D eigenvalue weighted by Gasteiger charge is -2.35. The summed E-state index contributed by atoms with van der Waals surface area (Å²) in [6.07, 6.45) is 4.36. The number of piperazine rings is 2. The van der Waals surface area contributed by atoms with E-state index in [2.05, 4.69) is 86.4 Å². The number of hydrogen-bond acceptors (Lipinski definition) is 7. The Bertz CT molecular complexity index is 1550. The fourth-order valence-corrected chi connectivity index (χ4v) is 6.74. The molecule has 3 aromatic carbocycles. The quantitative estimate of drug-likeness (QED) is 0.116. The van der Waals surface area contributed by atoms with Gasteiger partial charge in [0.15, 0.2) is 5.16 Å². The summed E-state index contributed by atoms with van der Waals surface area (Å²) in [5, 5.41) is 1.13. The molecule has 6 rings (SSSR count). The molecular weight excluding hydrogens is 600 g/mol. The maximum absolute atomic E-state index is 13.2. The summed E-state index contributed by atoms with van der Waals surface area (Å²) in [4.78, 5) is 31.6. The van der Waals surface area contributed by atoms with Crippen LogP contribution in [-0.2, 0) is 12.3 Å². The van der Waals surface area contributed by atoms with Crippen LogP contribution in [0, 0.1) is 0 Å². The molecule has 4 aromatic rings. The van der Waals surface area contributed by atoms with Crippen LogP contribution in [0.25, 0.3) is 6.08 Å². The number of rotatable bonds is 10. The topological polar surface area (TPSA) is 55.8 Å². The van der Waals surface area contributed by atoms with Gasteiger partial charge in [-0.1, -0.05) is 108 Å². The fraction of sp³-hybridized carbons (Fsp3) is 0.306. The Morgan fingerprint density at radius 3 is 2.13 bits per heavy atom. The van der Waals surface area contributed by atoms with Gasteiger partial charge in [-0.3, -0.25) is 14.6 Å². The Morgan fingerprint density at radius 1 is 0.756 bits per heavy atom. The highest BCUT2D eigenvalue weighted by atomic mass is 35.5. The summed E-state index contributed by atoms with van der Waals surface area (Å²) in [7, 11) is 0. The van der Waals surface area contributed by atoms with Gasteiger partial charge in [-0.25, -0.2) is 9.97 Å². The molecule has 2 saturated heterocycles. The molecule has 0 spiro atoms. The van der Waals surface area contributed by atoms with Crippen molar-refractivity contribution in [3.8, 4) is 0 Å². The lowest BCUT2D eigenvalue weighted by molar-refractivity contribution is 0.0650. The minimum absolute atomic E-state index is 0.0976. The molecule has 0 N–H and O–H groups in total. The van der Waals surface area contributed by atoms with Crippen LogP contribution >= 0.6 is 23.4 Å². The second-order valence-corrected chi connectivity index (χ2v) is 12.8. The summed E-state index contributed by atoms with van der Waals surface area (Å²) < 4.78 is 0. The van der Waals surface area contributed by atoms with Crippen molar-refractivity contribution >= 4 is 41.2 Å². The molecule has 7 nitrogen and oxygen atoms in total. The third-order valence-corrected chi connectivity index (χ3v) is 9.42. The number of carbonyl (C=O) groups is 1. The predicted molar refractivity (Wildman–Crippen MR) is 185 cm³/mol. The van der Waals surface area contributed by atoms with E-state index < -0.39 is 0 Å². The van der Waals surface area contributed by atoms with E-state index in [0.717, 1.165) is 82.4 Å². The largest absolute Gasteiger partial charge is 0.354 e. The summed E-state index contributed by atoms with van der Waals surface area (Å²) in [6, 6.07) is 30.7. The van der Waals surface area contributed by atoms with Gasteiger partial charge in [-0.2, -0.15) is 0 Å². The molecule has 0 unspecified atom stereocenters. The van der Waals surface area contributed by atoms with Gasteiger partial charge in [0, 0.05) is 82.8 Å². The number of nitrogens with zero attached hydrogens (tertiary/aromatic N) is 6. The van der Waals surface area contributed by atoms with E-state index >= 15 is 0 Å². The molecule has 0 saturated carbocycles. The average Bonchev–Trinajstić information content (AvgIpc) is 3.09. The van der Waals surface area contributed by atoms with Crippen LogP contribution < -0.4 is 4.90 Å². The standard InChI is InChI=1S/C36H39ClN6OS/c37-33-26-34(42-22-20-41(21-23-42)27-30-10-5-2-6-11-30)39-36(38-33)45-28-31-13-15-32(16-14-31)35(44)43-24-18-40(19-25-43)17-7-12-29-8-3-1-4-9-29/h1-16,26H,17-25,27-28H2. The van der Waals surface area contributed by atoms with E-state index in [4.69, 9.17) is 16.6 Å². The number of benzene rings is 3. The first-order valence-electron chi connectivity index (χ1n) is 15.6. The van der Waals surface area contributed by atoms with Crippen molar-refractivity contribution in [1.29, 1.82) is 0 Å². The second-order valence-electron chi connectivity index (χ2n) is 11.5. The lowest BCUT2D eigenvalue weighted by Crippen LogP contribution is -2.48. The Hall–Kier alpha value is -3.69. The molecule has 0 aliphatic carbocycles. The SMILES string of the molecule is O=C(c1ccc(CSc2nc(Cl)cc(N3CCN(Cc4ccccc4)CC3)n2)cc1)N1CCN(CC=Cc2ccccc2)CC1. The van der Waals surface area contributed by atoms with Gasteiger partial charge < -0.3 is 9.80 Å². The van der Waals surface area contributed by atoms with Crippen molar-refractivity contribution < 1.29 is 4.79 Å². The maximum atomic E-state index is 13.2. The highest BCUT2D eigenvalue weighted by Crippen LogP contribution is 2.26. The van der Waals surface area contributed by atoms with Crippen molar-refractivity contribution in [2.45, 2.75) is 17.5 Å². The van der Waals surface area contributed by atoms with Crippen molar-refractivity contribution in [3.05, 3.63) is 124 Å². The number of anilines is 1. The Kier molecular flexibility index (Phi) is 10.8. The second kappa shape index (κ2) is 15.5. The molecule has 2 fully saturated rings. The number of aromatic nitrogens is 2. The van der Waals surface area contributed by atoms with Gasteiger partial charge in [0.2, 0.25) is 0 Å². The summed E-state index contributed by atoms with van der Waals surface area (Å²) >= 11 is 7.99. The van der Waals surface area contributed by atoms with Crippen LogP contribution in [-0.4, -0.2) is 89.5 Å². The van der Waals surface area contributed by atoms with Crippen LogP contribution in [0.3, 0.4) is 0 Å². The zero-order valence-electron chi connectivity index (χ0n) is 25.5. The third kappa shape index (κ3) is 8.95. The van der Waals surface area contributed by atoms with Gasteiger partial charge >= 0.3 is 0 Å². The van der Waals surface area contributed by atoms with E-state index in [1.54, 1.807) is 11.8 Å². The molecule has 2 aliphatic heterocycles. The number of amides is 1. The first-order chi connectivity index (χ1) is 22.1. The van der Waals surface area contributed by atoms with Crippen LogP contribution in [0.5, 0.6) is 0 Å². The smallest absolute Gasteiger partial charge is 0.253 e. The fourth-order valence-electron chi connectivity index (χ4n) is 5.70. The Balaban J connectivity index is 0.957. The molecule has 0 atom stereocenters. The van der Waals surface area contributed by atoms with Crippen LogP contribution in [0.1, 0.15) is 27.0 Å². The number of hydrogen-bond donors (Lipinski definition) is 0. The molecule has 0 bridgehead atoms. The van der Waals surface area contributed by atoms with E-state index in [-0.39, 0.29) is 5.91 Å². The van der Waals surface area contributed by atoms with Crippen LogP contribution in [0.15, 0.2) is 102 Å². The van der Waals surface area contributed by atoms with Crippen molar-refractivity contribution in [2.24, 2.45) is 0 Å². The number of halogens is 1. The zero-order valence-corrected chi connectivity index (χ0v) is 27.0. The zero-order chi connectivity index (χ0) is 30.8. The number of carbonyl (C=O) groups excluding carboxylic acids is 1. The van der Waals surface area contributed by atoms with Crippen LogP contribution in [0.2, 0.25) is 5.15 Å². The van der Waals surface area contributed by atoms with Gasteiger partial charge in [0.1, 0.15) is 11.0 Å². The average molecular weight is 639 g/mol. The highest BCUT2D eigenvalue weighted by molar-refractivity contribution is 7.98. The Morgan fingerprint density at radius 2 is 1.42 bits per heavy atom. The van der Waals surface area contributed by atoms with Gasteiger partial charge in [0.05, 0.1) is 0 Å². The summed E-state index contributed by atoms with van der Waals surface area (Å²) in [5.74, 6) is 1.68. The third-order valence-electron chi connectivity index (χ3n) is 8.31. The summed E-state index contributed by atoms with van der Waals surface area (Å²) in [6.45, 7) is 8.87. The van der Waals surface area contributed by atoms with Crippen molar-refractivity contribution in [3.63, 3.8) is 0 Å². The minimum atomic E-state index is 0.0976. The van der Waals surface area contributed by atoms with Gasteiger partial charge in [-0.05, 0) is 28.8 Å². The normalized spacial score (nSPS) is 16.4. The van der Waals surface area contributed by atoms with Crippen LogP contribution in [0.4, 0.5) is 5.82 Å². The molecule has 1 amide bonds. The van der Waals surface area contributed by atoms with E-state index in [1.807, 2.05) is 41.3 Å². The van der Waals surface area contributed by atoms with Gasteiger partial charge in [-0.15, -0.1) is 0 Å². The lowest BCUT2D eigenvalue weighted by atomic mass is 10.1. The van der Waals surface area contributed by atoms with E-state index in [0.29, 0.717) is 16.1 Å². The monoisotopic (exact) mass is 638 g/mol. The number of thioether (sulfide) groups is 1. The molecular formula is C36H39ClN6OS. The summed E-state index contributed by atoms with van der Waals surface area (Å²) in [5.41, 5.74) is 4.40. The Labute approximate surface area is 275 Å². The first kappa shape index (κ1) is 31.3. The molecule has 0 radical (unpaired) electrons. The highest BCUT2D eigenvalue weighted by Gasteiger charge is 2.22. The van der Waals surface area contributed by atoms with Crippen molar-refractivity contribution in [2.75, 3.05) is 63.8 Å². The molecule has 1 aromatic heterocycles. The maximum Gasteiger partial charge on any atom is 0.253 e. The van der Waals surface area contributed by atoms with Crippen molar-refractivity contribution in [1.82, 2.24) is 24.7 Å². The molecule has 232 valence electrons. The minimum Gasteiger partial charge on any atom is -0.354 e. The molecule has 2 aliphatic rings. The van der Waals surface area contributed by atoms with E-state index in [9.17, 15) is 4.79 Å². The predicted octanol–water partition coefficient (Wildman–Crippen LogP) is 6.22. The molecule has 9 heteroatoms.